The van der Waals surface area contributed by atoms with E-state index >= 15 is 0 Å². The van der Waals surface area contributed by atoms with Crippen LogP contribution in [0.5, 0.6) is 0 Å². The summed E-state index contributed by atoms with van der Waals surface area (Å²) in [6.45, 7) is 11.5. The molecule has 1 aromatic heterocycles. The van der Waals surface area contributed by atoms with E-state index in [1.165, 1.54) is 11.8 Å². The zero-order valence-electron chi connectivity index (χ0n) is 11.6. The summed E-state index contributed by atoms with van der Waals surface area (Å²) in [6, 6.07) is 0. The number of rotatable bonds is 6. The van der Waals surface area contributed by atoms with Gasteiger partial charge in [0.25, 0.3) is 0 Å². The molecule has 0 fully saturated rings. The van der Waals surface area contributed by atoms with Gasteiger partial charge in [0.2, 0.25) is 0 Å². The summed E-state index contributed by atoms with van der Waals surface area (Å²) in [5, 5.41) is 17.5. The van der Waals surface area contributed by atoms with E-state index in [2.05, 4.69) is 37.9 Å². The van der Waals surface area contributed by atoms with Gasteiger partial charge in [0.05, 0.1) is 5.75 Å². The quantitative estimate of drug-likeness (QED) is 0.805. The zero-order chi connectivity index (χ0) is 13.9. The van der Waals surface area contributed by atoms with Crippen LogP contribution in [-0.2, 0) is 11.3 Å². The van der Waals surface area contributed by atoms with Gasteiger partial charge in [-0.1, -0.05) is 39.5 Å². The number of aryl methyl sites for hydroxylation is 1. The van der Waals surface area contributed by atoms with Crippen LogP contribution < -0.4 is 0 Å². The molecule has 0 saturated heterocycles. The summed E-state index contributed by atoms with van der Waals surface area (Å²) in [6.07, 6.45) is 0. The smallest absolute Gasteiger partial charge is 0.313 e. The molecule has 0 aliphatic rings. The summed E-state index contributed by atoms with van der Waals surface area (Å²) < 4.78 is 2.01. The van der Waals surface area contributed by atoms with Crippen molar-refractivity contribution in [1.29, 1.82) is 0 Å². The van der Waals surface area contributed by atoms with E-state index in [1.807, 2.05) is 11.5 Å². The molecule has 0 spiro atoms. The van der Waals surface area contributed by atoms with Gasteiger partial charge < -0.3 is 9.67 Å². The van der Waals surface area contributed by atoms with Crippen LogP contribution in [0.4, 0.5) is 0 Å². The van der Waals surface area contributed by atoms with Crippen molar-refractivity contribution in [3.8, 4) is 0 Å². The molecule has 0 bridgehead atoms. The first-order valence-corrected chi connectivity index (χ1v) is 6.97. The van der Waals surface area contributed by atoms with Crippen molar-refractivity contribution in [1.82, 2.24) is 14.8 Å². The second-order valence-electron chi connectivity index (χ2n) is 5.44. The summed E-state index contributed by atoms with van der Waals surface area (Å²) in [5.41, 5.74) is 0.117. The number of hydrogen-bond acceptors (Lipinski definition) is 4. The maximum Gasteiger partial charge on any atom is 0.313 e. The van der Waals surface area contributed by atoms with Gasteiger partial charge in [-0.2, -0.15) is 0 Å². The van der Waals surface area contributed by atoms with E-state index in [0.717, 1.165) is 12.4 Å². The van der Waals surface area contributed by atoms with Gasteiger partial charge in [-0.15, -0.1) is 10.2 Å². The molecule has 0 radical (unpaired) electrons. The van der Waals surface area contributed by atoms with Gasteiger partial charge in [-0.25, -0.2) is 0 Å². The van der Waals surface area contributed by atoms with Crippen molar-refractivity contribution < 1.29 is 9.90 Å². The summed E-state index contributed by atoms with van der Waals surface area (Å²) >= 11 is 1.22. The molecule has 102 valence electrons. The van der Waals surface area contributed by atoms with Crippen LogP contribution in [0.2, 0.25) is 0 Å². The highest BCUT2D eigenvalue weighted by molar-refractivity contribution is 7.99. The predicted octanol–water partition coefficient (Wildman–Crippen LogP) is 2.45. The highest BCUT2D eigenvalue weighted by Crippen LogP contribution is 2.30. The Balaban J connectivity index is 2.87. The Labute approximate surface area is 112 Å². The average molecular weight is 271 g/mol. The fourth-order valence-corrected chi connectivity index (χ4v) is 2.07. The van der Waals surface area contributed by atoms with Crippen molar-refractivity contribution in [2.45, 2.75) is 46.3 Å². The van der Waals surface area contributed by atoms with Crippen molar-refractivity contribution in [2.75, 3.05) is 5.75 Å². The normalized spacial score (nSPS) is 12.1. The Kier molecular flexibility index (Phi) is 4.78. The van der Waals surface area contributed by atoms with Crippen molar-refractivity contribution in [3.63, 3.8) is 0 Å². The summed E-state index contributed by atoms with van der Waals surface area (Å²) in [4.78, 5) is 10.6. The lowest BCUT2D eigenvalue weighted by molar-refractivity contribution is -0.133. The predicted molar refractivity (Wildman–Crippen MR) is 71.7 cm³/mol. The van der Waals surface area contributed by atoms with Crippen molar-refractivity contribution in [2.24, 2.45) is 11.3 Å². The third kappa shape index (κ3) is 3.73. The average Bonchev–Trinajstić information content (AvgIpc) is 2.57. The first-order valence-electron chi connectivity index (χ1n) is 5.98. The minimum atomic E-state index is -0.838. The molecule has 1 rings (SSSR count). The lowest BCUT2D eigenvalue weighted by Crippen LogP contribution is -2.26. The van der Waals surface area contributed by atoms with E-state index in [0.29, 0.717) is 11.1 Å². The molecule has 5 nitrogen and oxygen atoms in total. The Hall–Kier alpha value is -1.04. The standard InChI is InChI=1S/C12H21N3O2S/c1-8(2)12(4,5)7-15-9(3)13-14-11(15)18-6-10(16)17/h8H,6-7H2,1-5H3,(H,16,17). The molecule has 0 unspecified atom stereocenters. The number of aromatic nitrogens is 3. The molecule has 0 aliphatic carbocycles. The number of carboxylic acids is 1. The summed E-state index contributed by atoms with van der Waals surface area (Å²) in [7, 11) is 0. The van der Waals surface area contributed by atoms with E-state index in [4.69, 9.17) is 5.11 Å². The lowest BCUT2D eigenvalue weighted by Gasteiger charge is -2.30. The van der Waals surface area contributed by atoms with Gasteiger partial charge in [-0.05, 0) is 18.3 Å². The Bertz CT molecular complexity index is 427. The third-order valence-corrected chi connectivity index (χ3v) is 4.31. The summed E-state index contributed by atoms with van der Waals surface area (Å²) in [5.74, 6) is 0.531. The largest absolute Gasteiger partial charge is 0.481 e. The first kappa shape index (κ1) is 15.0. The van der Waals surface area contributed by atoms with Gasteiger partial charge in [0, 0.05) is 6.54 Å². The van der Waals surface area contributed by atoms with Crippen LogP contribution in [0.15, 0.2) is 5.16 Å². The van der Waals surface area contributed by atoms with E-state index in [9.17, 15) is 4.79 Å². The molecule has 0 aromatic carbocycles. The van der Waals surface area contributed by atoms with Crippen molar-refractivity contribution >= 4 is 17.7 Å². The van der Waals surface area contributed by atoms with Crippen LogP contribution >= 0.6 is 11.8 Å². The second kappa shape index (κ2) is 5.73. The van der Waals surface area contributed by atoms with Crippen LogP contribution in [-0.4, -0.2) is 31.6 Å². The highest BCUT2D eigenvalue weighted by atomic mass is 32.2. The van der Waals surface area contributed by atoms with Crippen LogP contribution in [0.1, 0.15) is 33.5 Å². The number of carboxylic acid groups (broad SMARTS) is 1. The molecule has 0 amide bonds. The molecule has 1 N–H and O–H groups in total. The van der Waals surface area contributed by atoms with E-state index in [1.54, 1.807) is 0 Å². The minimum absolute atomic E-state index is 0.0141. The zero-order valence-corrected chi connectivity index (χ0v) is 12.4. The molecule has 0 saturated carbocycles. The Morgan fingerprint density at radius 2 is 2.06 bits per heavy atom. The maximum absolute atomic E-state index is 10.6. The molecular weight excluding hydrogens is 250 g/mol. The van der Waals surface area contributed by atoms with Crippen LogP contribution in [0.3, 0.4) is 0 Å². The van der Waals surface area contributed by atoms with Gasteiger partial charge in [-0.3, -0.25) is 4.79 Å². The fourth-order valence-electron chi connectivity index (χ4n) is 1.37. The van der Waals surface area contributed by atoms with Crippen molar-refractivity contribution in [3.05, 3.63) is 5.82 Å². The minimum Gasteiger partial charge on any atom is -0.481 e. The number of thioether (sulfide) groups is 1. The number of carbonyl (C=O) groups is 1. The van der Waals surface area contributed by atoms with E-state index in [-0.39, 0.29) is 11.2 Å². The fraction of sp³-hybridized carbons (Fsp3) is 0.750. The van der Waals surface area contributed by atoms with E-state index < -0.39 is 5.97 Å². The third-order valence-electron chi connectivity index (χ3n) is 3.36. The van der Waals surface area contributed by atoms with Crippen LogP contribution in [0, 0.1) is 18.3 Å². The SMILES string of the molecule is Cc1nnc(SCC(=O)O)n1CC(C)(C)C(C)C. The molecule has 0 atom stereocenters. The molecule has 6 heteroatoms. The first-order chi connectivity index (χ1) is 8.24. The van der Waals surface area contributed by atoms with Gasteiger partial charge in [0.15, 0.2) is 5.16 Å². The molecule has 1 aromatic rings. The number of hydrogen-bond donors (Lipinski definition) is 1. The Morgan fingerprint density at radius 1 is 1.44 bits per heavy atom. The lowest BCUT2D eigenvalue weighted by atomic mass is 9.81. The molecule has 18 heavy (non-hydrogen) atoms. The van der Waals surface area contributed by atoms with Crippen LogP contribution in [0.25, 0.3) is 0 Å². The molecular formula is C12H21N3O2S. The number of nitrogens with zero attached hydrogens (tertiary/aromatic N) is 3. The topological polar surface area (TPSA) is 68.0 Å². The molecule has 1 heterocycles. The van der Waals surface area contributed by atoms with Gasteiger partial charge >= 0.3 is 5.97 Å². The molecule has 0 aliphatic heterocycles. The van der Waals surface area contributed by atoms with Gasteiger partial charge in [0.1, 0.15) is 5.82 Å². The Morgan fingerprint density at radius 3 is 2.56 bits per heavy atom. The maximum atomic E-state index is 10.6. The highest BCUT2D eigenvalue weighted by Gasteiger charge is 2.25. The number of aliphatic carboxylic acids is 1. The second-order valence-corrected chi connectivity index (χ2v) is 6.38. The monoisotopic (exact) mass is 271 g/mol.